The summed E-state index contributed by atoms with van der Waals surface area (Å²) in [5.74, 6) is -4.14. The fraction of sp³-hybridized carbons (Fsp3) is 0.550. The van der Waals surface area contributed by atoms with Crippen molar-refractivity contribution in [2.75, 3.05) is 13.1 Å². The van der Waals surface area contributed by atoms with Crippen molar-refractivity contribution in [2.24, 2.45) is 5.73 Å². The molecule has 0 bridgehead atoms. The van der Waals surface area contributed by atoms with Gasteiger partial charge in [0, 0.05) is 6.54 Å². The Bertz CT molecular complexity index is 819. The zero-order chi connectivity index (χ0) is 23.0. The van der Waals surface area contributed by atoms with Gasteiger partial charge < -0.3 is 25.4 Å². The highest BCUT2D eigenvalue weighted by molar-refractivity contribution is 7.53. The number of nitrogens with two attached hydrogens (primary N) is 1. The lowest BCUT2D eigenvalue weighted by Crippen LogP contribution is -2.46. The molecule has 2 rings (SSSR count). The Kier molecular flexibility index (Phi) is 9.18. The zero-order valence-corrected chi connectivity index (χ0v) is 18.3. The lowest BCUT2D eigenvalue weighted by molar-refractivity contribution is -0.151. The van der Waals surface area contributed by atoms with Crippen molar-refractivity contribution in [1.82, 2.24) is 4.90 Å². The van der Waals surface area contributed by atoms with Crippen LogP contribution in [0.1, 0.15) is 49.4 Å². The normalized spacial score (nSPS) is 20.0. The van der Waals surface area contributed by atoms with Crippen molar-refractivity contribution >= 4 is 25.4 Å². The first-order valence-electron chi connectivity index (χ1n) is 10.2. The van der Waals surface area contributed by atoms with Crippen LogP contribution in [0.4, 0.5) is 0 Å². The van der Waals surface area contributed by atoms with E-state index in [1.807, 2.05) is 0 Å². The Morgan fingerprint density at radius 3 is 2.55 bits per heavy atom. The van der Waals surface area contributed by atoms with E-state index < -0.39 is 43.4 Å². The molecule has 11 heteroatoms. The van der Waals surface area contributed by atoms with Crippen molar-refractivity contribution in [3.05, 3.63) is 35.9 Å². The predicted molar refractivity (Wildman–Crippen MR) is 111 cm³/mol. The first-order valence-corrected chi connectivity index (χ1v) is 11.8. The molecule has 0 aliphatic carbocycles. The second kappa shape index (κ2) is 11.4. The number of hydrogen-bond donors (Lipinski definition) is 3. The van der Waals surface area contributed by atoms with Gasteiger partial charge in [-0.25, -0.2) is 9.59 Å². The van der Waals surface area contributed by atoms with Crippen molar-refractivity contribution in [3.8, 4) is 0 Å². The quantitative estimate of drug-likeness (QED) is 0.257. The molecule has 1 saturated heterocycles. The predicted octanol–water partition coefficient (Wildman–Crippen LogP) is 1.96. The summed E-state index contributed by atoms with van der Waals surface area (Å²) in [6, 6.07) is 6.95. The summed E-state index contributed by atoms with van der Waals surface area (Å²) >= 11 is 0. The molecule has 2 unspecified atom stereocenters. The number of carbonyl (C=O) groups is 3. The molecule has 1 heterocycles. The zero-order valence-electron chi connectivity index (χ0n) is 17.4. The molecule has 10 nitrogen and oxygen atoms in total. The number of hydrogen-bond acceptors (Lipinski definition) is 7. The molecule has 31 heavy (non-hydrogen) atoms. The number of benzene rings is 1. The minimum atomic E-state index is -4.57. The summed E-state index contributed by atoms with van der Waals surface area (Å²) in [6.45, 7) is 1.80. The number of carboxylic acid groups (broad SMARTS) is 1. The maximum Gasteiger partial charge on any atom is 0.368 e. The summed E-state index contributed by atoms with van der Waals surface area (Å²) in [6.07, 6.45) is 0.558. The highest BCUT2D eigenvalue weighted by atomic mass is 31.2. The molecule has 1 aliphatic rings. The van der Waals surface area contributed by atoms with E-state index >= 15 is 0 Å². The van der Waals surface area contributed by atoms with E-state index in [9.17, 15) is 28.9 Å². The van der Waals surface area contributed by atoms with Gasteiger partial charge in [-0.15, -0.1) is 0 Å². The van der Waals surface area contributed by atoms with Crippen LogP contribution in [-0.4, -0.2) is 63.8 Å². The fourth-order valence-electron chi connectivity index (χ4n) is 3.30. The third-order valence-corrected chi connectivity index (χ3v) is 6.62. The standard InChI is InChI=1S/C20H29N2O8P/c1-14(29-20(26)15-8-3-2-4-9-15)31(27,28)30-17(11-5-6-12-21)18(23)22-13-7-10-16(22)19(24)25/h2-4,8-9,14,16-17H,5-7,10-13,21H2,1H3,(H,24,25)(H,27,28)/t14-,16-,17?/m0/s1. The van der Waals surface area contributed by atoms with Gasteiger partial charge in [0.2, 0.25) is 0 Å². The van der Waals surface area contributed by atoms with Crippen LogP contribution in [0.25, 0.3) is 0 Å². The Hall–Kier alpha value is -2.26. The van der Waals surface area contributed by atoms with Crippen LogP contribution < -0.4 is 5.73 Å². The van der Waals surface area contributed by atoms with Crippen molar-refractivity contribution < 1.29 is 38.2 Å². The fourth-order valence-corrected chi connectivity index (χ4v) is 4.26. The van der Waals surface area contributed by atoms with Crippen LogP contribution in [0.5, 0.6) is 0 Å². The van der Waals surface area contributed by atoms with Crippen molar-refractivity contribution in [1.29, 1.82) is 0 Å². The Labute approximate surface area is 180 Å². The van der Waals surface area contributed by atoms with Gasteiger partial charge in [-0.1, -0.05) is 18.2 Å². The average Bonchev–Trinajstić information content (AvgIpc) is 3.23. The first-order chi connectivity index (χ1) is 14.7. The van der Waals surface area contributed by atoms with E-state index in [1.54, 1.807) is 18.2 Å². The third-order valence-electron chi connectivity index (χ3n) is 5.04. The topological polar surface area (TPSA) is 156 Å². The molecular formula is C20H29N2O8P. The summed E-state index contributed by atoms with van der Waals surface area (Å²) in [4.78, 5) is 48.2. The molecule has 4 N–H and O–H groups in total. The number of unbranched alkanes of at least 4 members (excludes halogenated alkanes) is 1. The molecule has 0 radical (unpaired) electrons. The summed E-state index contributed by atoms with van der Waals surface area (Å²) in [5, 5.41) is 9.34. The first kappa shape index (κ1) is 25.0. The SMILES string of the molecule is C[C@@H](OC(=O)c1ccccc1)P(=O)(O)OC(CCCCN)C(=O)N1CCC[C@H]1C(=O)O. The average molecular weight is 456 g/mol. The third kappa shape index (κ3) is 6.87. The summed E-state index contributed by atoms with van der Waals surface area (Å²) in [5.41, 5.74) is 5.69. The molecule has 1 aromatic rings. The number of esters is 1. The molecule has 0 aromatic heterocycles. The Morgan fingerprint density at radius 1 is 1.26 bits per heavy atom. The number of carbonyl (C=O) groups excluding carboxylic acids is 2. The lowest BCUT2D eigenvalue weighted by atomic mass is 10.1. The van der Waals surface area contributed by atoms with E-state index in [0.717, 1.165) is 4.90 Å². The van der Waals surface area contributed by atoms with E-state index in [2.05, 4.69) is 0 Å². The van der Waals surface area contributed by atoms with Crippen molar-refractivity contribution in [2.45, 2.75) is 57.0 Å². The monoisotopic (exact) mass is 456 g/mol. The van der Waals surface area contributed by atoms with E-state index in [0.29, 0.717) is 32.2 Å². The molecule has 0 spiro atoms. The number of nitrogens with zero attached hydrogens (tertiary/aromatic N) is 1. The minimum Gasteiger partial charge on any atom is -0.480 e. The maximum absolute atomic E-state index is 13.0. The van der Waals surface area contributed by atoms with Crippen LogP contribution in [0.3, 0.4) is 0 Å². The Morgan fingerprint density at radius 2 is 1.94 bits per heavy atom. The van der Waals surface area contributed by atoms with Gasteiger partial charge >= 0.3 is 19.5 Å². The molecule has 1 aromatic carbocycles. The number of likely N-dealkylation sites (tertiary alicyclic amines) is 1. The highest BCUT2D eigenvalue weighted by Gasteiger charge is 2.42. The number of rotatable bonds is 11. The van der Waals surface area contributed by atoms with E-state index in [-0.39, 0.29) is 18.5 Å². The smallest absolute Gasteiger partial charge is 0.368 e. The summed E-state index contributed by atoms with van der Waals surface area (Å²) < 4.78 is 23.2. The van der Waals surface area contributed by atoms with Gasteiger partial charge in [0.25, 0.3) is 5.91 Å². The van der Waals surface area contributed by atoms with E-state index in [4.69, 9.17) is 15.0 Å². The summed E-state index contributed by atoms with van der Waals surface area (Å²) in [7, 11) is -4.57. The second-order valence-electron chi connectivity index (χ2n) is 7.34. The van der Waals surface area contributed by atoms with Crippen LogP contribution in [0.15, 0.2) is 30.3 Å². The minimum absolute atomic E-state index is 0.0861. The van der Waals surface area contributed by atoms with Crippen LogP contribution in [0.2, 0.25) is 0 Å². The molecule has 1 aliphatic heterocycles. The molecule has 172 valence electrons. The lowest BCUT2D eigenvalue weighted by Gasteiger charge is -2.29. The largest absolute Gasteiger partial charge is 0.480 e. The molecule has 4 atom stereocenters. The van der Waals surface area contributed by atoms with Gasteiger partial charge in [-0.3, -0.25) is 13.9 Å². The number of amides is 1. The van der Waals surface area contributed by atoms with Crippen LogP contribution in [-0.2, 0) is 23.4 Å². The van der Waals surface area contributed by atoms with Gasteiger partial charge in [0.05, 0.1) is 5.56 Å². The van der Waals surface area contributed by atoms with Crippen molar-refractivity contribution in [3.63, 3.8) is 0 Å². The van der Waals surface area contributed by atoms with Gasteiger partial charge in [0.1, 0.15) is 12.1 Å². The van der Waals surface area contributed by atoms with Gasteiger partial charge in [-0.2, -0.15) is 0 Å². The van der Waals surface area contributed by atoms with Crippen LogP contribution >= 0.6 is 7.60 Å². The van der Waals surface area contributed by atoms with Crippen LogP contribution in [0, 0.1) is 0 Å². The number of aliphatic carboxylic acids is 1. The van der Waals surface area contributed by atoms with Gasteiger partial charge in [0.15, 0.2) is 5.85 Å². The number of ether oxygens (including phenoxy) is 1. The van der Waals surface area contributed by atoms with Gasteiger partial charge in [-0.05, 0) is 57.7 Å². The van der Waals surface area contributed by atoms with E-state index in [1.165, 1.54) is 19.1 Å². The molecule has 1 amide bonds. The Balaban J connectivity index is 2.12. The molecule has 0 saturated carbocycles. The highest BCUT2D eigenvalue weighted by Crippen LogP contribution is 2.50. The maximum atomic E-state index is 13.0. The number of carboxylic acids is 1. The molecule has 1 fully saturated rings. The second-order valence-corrected chi connectivity index (χ2v) is 9.41. The molecular weight excluding hydrogens is 427 g/mol.